The molecule has 2 aliphatic rings. The molecule has 116 valence electrons. The van der Waals surface area contributed by atoms with Gasteiger partial charge in [0.1, 0.15) is 0 Å². The number of benzene rings is 1. The molecule has 0 spiro atoms. The fourth-order valence-electron chi connectivity index (χ4n) is 4.30. The maximum atomic E-state index is 6.59. The zero-order chi connectivity index (χ0) is 14.8. The minimum Gasteiger partial charge on any atom is -0.367 e. The fourth-order valence-corrected chi connectivity index (χ4v) is 4.60. The molecule has 3 unspecified atom stereocenters. The Morgan fingerprint density at radius 3 is 2.81 bits per heavy atom. The van der Waals surface area contributed by atoms with Crippen LogP contribution in [0.1, 0.15) is 51.0 Å². The van der Waals surface area contributed by atoms with Crippen molar-refractivity contribution < 1.29 is 0 Å². The highest BCUT2D eigenvalue weighted by Gasteiger charge is 2.34. The van der Waals surface area contributed by atoms with Gasteiger partial charge in [0.15, 0.2) is 0 Å². The first-order valence-corrected chi connectivity index (χ1v) is 8.84. The molecule has 1 aromatic rings. The van der Waals surface area contributed by atoms with Crippen LogP contribution in [0.5, 0.6) is 0 Å². The van der Waals surface area contributed by atoms with Gasteiger partial charge in [0, 0.05) is 18.6 Å². The second kappa shape index (κ2) is 6.58. The maximum absolute atomic E-state index is 6.59. The summed E-state index contributed by atoms with van der Waals surface area (Å²) in [6.45, 7) is 3.22. The van der Waals surface area contributed by atoms with Crippen LogP contribution in [0.4, 0.5) is 5.69 Å². The first kappa shape index (κ1) is 15.2. The minimum atomic E-state index is 0.175. The second-order valence-corrected chi connectivity index (χ2v) is 7.28. The van der Waals surface area contributed by atoms with Gasteiger partial charge in [-0.05, 0) is 56.6 Å². The van der Waals surface area contributed by atoms with Gasteiger partial charge in [-0.15, -0.1) is 0 Å². The highest BCUT2D eigenvalue weighted by molar-refractivity contribution is 6.33. The number of nitrogens with two attached hydrogens (primary N) is 1. The molecular weight excluding hydrogens is 280 g/mol. The molecular formula is C18H27ClN2. The largest absolute Gasteiger partial charge is 0.367 e. The zero-order valence-corrected chi connectivity index (χ0v) is 13.8. The lowest BCUT2D eigenvalue weighted by Gasteiger charge is -2.46. The minimum absolute atomic E-state index is 0.175. The van der Waals surface area contributed by atoms with E-state index in [-0.39, 0.29) is 6.04 Å². The topological polar surface area (TPSA) is 29.3 Å². The van der Waals surface area contributed by atoms with Crippen LogP contribution in [0.25, 0.3) is 0 Å². The van der Waals surface area contributed by atoms with Crippen molar-refractivity contribution in [2.24, 2.45) is 11.7 Å². The molecule has 0 amide bonds. The third kappa shape index (κ3) is 3.22. The first-order valence-electron chi connectivity index (χ1n) is 8.46. The molecule has 3 rings (SSSR count). The molecule has 2 fully saturated rings. The average Bonchev–Trinajstić information content (AvgIpc) is 2.47. The number of para-hydroxylation sites is 1. The molecule has 3 atom stereocenters. The van der Waals surface area contributed by atoms with Gasteiger partial charge < -0.3 is 10.6 Å². The van der Waals surface area contributed by atoms with Gasteiger partial charge in [-0.25, -0.2) is 0 Å². The average molecular weight is 307 g/mol. The Labute approximate surface area is 133 Å². The summed E-state index contributed by atoms with van der Waals surface area (Å²) < 4.78 is 0. The van der Waals surface area contributed by atoms with Gasteiger partial charge in [-0.2, -0.15) is 0 Å². The SMILES string of the molecule is CC(N)Cc1cccc(Cl)c1N1CCCC2CCCCC21. The Morgan fingerprint density at radius 2 is 2.00 bits per heavy atom. The number of hydrogen-bond acceptors (Lipinski definition) is 2. The van der Waals surface area contributed by atoms with Crippen LogP contribution in [-0.2, 0) is 6.42 Å². The Bertz CT molecular complexity index is 484. The molecule has 2 N–H and O–H groups in total. The lowest BCUT2D eigenvalue weighted by atomic mass is 9.78. The fraction of sp³-hybridized carbons (Fsp3) is 0.667. The van der Waals surface area contributed by atoms with E-state index in [0.717, 1.165) is 23.9 Å². The summed E-state index contributed by atoms with van der Waals surface area (Å²) in [5, 5.41) is 0.902. The number of hydrogen-bond donors (Lipinski definition) is 1. The summed E-state index contributed by atoms with van der Waals surface area (Å²) in [6.07, 6.45) is 9.10. The molecule has 2 nitrogen and oxygen atoms in total. The molecule has 1 aromatic carbocycles. The van der Waals surface area contributed by atoms with E-state index < -0.39 is 0 Å². The molecule has 1 heterocycles. The van der Waals surface area contributed by atoms with Gasteiger partial charge in [0.05, 0.1) is 10.7 Å². The molecule has 1 aliphatic carbocycles. The molecule has 3 heteroatoms. The van der Waals surface area contributed by atoms with Crippen LogP contribution in [-0.4, -0.2) is 18.6 Å². The number of anilines is 1. The van der Waals surface area contributed by atoms with Crippen LogP contribution < -0.4 is 10.6 Å². The highest BCUT2D eigenvalue weighted by atomic mass is 35.5. The Hall–Kier alpha value is -0.730. The Kier molecular flexibility index (Phi) is 4.75. The Balaban J connectivity index is 1.94. The number of fused-ring (bicyclic) bond motifs is 1. The molecule has 1 saturated carbocycles. The molecule has 0 radical (unpaired) electrons. The van der Waals surface area contributed by atoms with Crippen molar-refractivity contribution in [1.29, 1.82) is 0 Å². The summed E-state index contributed by atoms with van der Waals surface area (Å²) in [6, 6.07) is 7.17. The van der Waals surface area contributed by atoms with E-state index in [0.29, 0.717) is 6.04 Å². The molecule has 21 heavy (non-hydrogen) atoms. The number of halogens is 1. The van der Waals surface area contributed by atoms with Gasteiger partial charge in [-0.3, -0.25) is 0 Å². The van der Waals surface area contributed by atoms with Crippen molar-refractivity contribution in [3.05, 3.63) is 28.8 Å². The van der Waals surface area contributed by atoms with Gasteiger partial charge in [0.2, 0.25) is 0 Å². The van der Waals surface area contributed by atoms with E-state index >= 15 is 0 Å². The number of rotatable bonds is 3. The van der Waals surface area contributed by atoms with Gasteiger partial charge in [-0.1, -0.05) is 36.6 Å². The van der Waals surface area contributed by atoms with E-state index in [1.54, 1.807) is 0 Å². The van der Waals surface area contributed by atoms with E-state index in [2.05, 4.69) is 24.0 Å². The summed E-state index contributed by atoms with van der Waals surface area (Å²) in [5.74, 6) is 0.868. The standard InChI is InChI=1S/C18H27ClN2/c1-13(20)12-15-7-4-9-16(19)18(15)21-11-5-8-14-6-2-3-10-17(14)21/h4,7,9,13-14,17H,2-3,5-6,8,10-12,20H2,1H3. The molecule has 0 bridgehead atoms. The van der Waals surface area contributed by atoms with E-state index in [1.807, 2.05) is 6.07 Å². The third-order valence-electron chi connectivity index (χ3n) is 5.14. The second-order valence-electron chi connectivity index (χ2n) is 6.88. The number of nitrogens with zero attached hydrogens (tertiary/aromatic N) is 1. The van der Waals surface area contributed by atoms with Gasteiger partial charge in [0.25, 0.3) is 0 Å². The van der Waals surface area contributed by atoms with Crippen molar-refractivity contribution in [3.8, 4) is 0 Å². The molecule has 0 aromatic heterocycles. The molecule has 1 aliphatic heterocycles. The first-order chi connectivity index (χ1) is 10.2. The smallest absolute Gasteiger partial charge is 0.0642 e. The Morgan fingerprint density at radius 1 is 1.24 bits per heavy atom. The van der Waals surface area contributed by atoms with Crippen LogP contribution in [0.2, 0.25) is 5.02 Å². The van der Waals surface area contributed by atoms with Crippen LogP contribution in [0.3, 0.4) is 0 Å². The normalized spacial score (nSPS) is 27.3. The quantitative estimate of drug-likeness (QED) is 0.897. The van der Waals surface area contributed by atoms with Crippen molar-refractivity contribution in [3.63, 3.8) is 0 Å². The highest BCUT2D eigenvalue weighted by Crippen LogP contribution is 2.41. The van der Waals surface area contributed by atoms with E-state index in [4.69, 9.17) is 17.3 Å². The van der Waals surface area contributed by atoms with Crippen molar-refractivity contribution in [2.45, 2.75) is 64.0 Å². The van der Waals surface area contributed by atoms with Crippen molar-refractivity contribution >= 4 is 17.3 Å². The van der Waals surface area contributed by atoms with Crippen LogP contribution >= 0.6 is 11.6 Å². The summed E-state index contributed by atoms with van der Waals surface area (Å²) in [4.78, 5) is 2.62. The van der Waals surface area contributed by atoms with E-state index in [9.17, 15) is 0 Å². The summed E-state index contributed by atoms with van der Waals surface area (Å²) in [5.41, 5.74) is 8.64. The third-order valence-corrected chi connectivity index (χ3v) is 5.45. The maximum Gasteiger partial charge on any atom is 0.0642 e. The van der Waals surface area contributed by atoms with E-state index in [1.165, 1.54) is 49.8 Å². The predicted molar refractivity (Wildman–Crippen MR) is 91.1 cm³/mol. The lowest BCUT2D eigenvalue weighted by molar-refractivity contribution is 0.243. The summed E-state index contributed by atoms with van der Waals surface area (Å²) >= 11 is 6.59. The number of piperidine rings is 1. The van der Waals surface area contributed by atoms with Crippen LogP contribution in [0.15, 0.2) is 18.2 Å². The van der Waals surface area contributed by atoms with Gasteiger partial charge >= 0.3 is 0 Å². The lowest BCUT2D eigenvalue weighted by Crippen LogP contribution is -2.47. The monoisotopic (exact) mass is 306 g/mol. The van der Waals surface area contributed by atoms with Crippen molar-refractivity contribution in [1.82, 2.24) is 0 Å². The van der Waals surface area contributed by atoms with Crippen LogP contribution in [0, 0.1) is 5.92 Å². The van der Waals surface area contributed by atoms with Crippen molar-refractivity contribution in [2.75, 3.05) is 11.4 Å². The molecule has 1 saturated heterocycles. The zero-order valence-electron chi connectivity index (χ0n) is 13.0. The summed E-state index contributed by atoms with van der Waals surface area (Å²) in [7, 11) is 0. The predicted octanol–water partition coefficient (Wildman–Crippen LogP) is 4.39.